The molecule has 6 nitrogen and oxygen atoms in total. The van der Waals surface area contributed by atoms with E-state index in [-0.39, 0.29) is 29.9 Å². The fourth-order valence-electron chi connectivity index (χ4n) is 1.84. The summed E-state index contributed by atoms with van der Waals surface area (Å²) in [4.78, 5) is 23.4. The third-order valence-electron chi connectivity index (χ3n) is 2.89. The monoisotopic (exact) mass is 295 g/mol. The maximum Gasteiger partial charge on any atom is 0.342 e. The van der Waals surface area contributed by atoms with Crippen molar-refractivity contribution >= 4 is 11.9 Å². The van der Waals surface area contributed by atoms with Crippen molar-refractivity contribution in [1.29, 1.82) is 0 Å². The lowest BCUT2D eigenvalue weighted by Gasteiger charge is -2.13. The lowest BCUT2D eigenvalue weighted by Crippen LogP contribution is -2.35. The van der Waals surface area contributed by atoms with Gasteiger partial charge in [0, 0.05) is 12.1 Å². The number of methoxy groups -OCH3 is 1. The zero-order chi connectivity index (χ0) is 15.8. The summed E-state index contributed by atoms with van der Waals surface area (Å²) in [7, 11) is 1.45. The number of rotatable bonds is 7. The van der Waals surface area contributed by atoms with E-state index in [1.54, 1.807) is 0 Å². The summed E-state index contributed by atoms with van der Waals surface area (Å²) >= 11 is 0. The van der Waals surface area contributed by atoms with Crippen LogP contribution >= 0.6 is 0 Å². The molecule has 6 heteroatoms. The van der Waals surface area contributed by atoms with E-state index < -0.39 is 5.97 Å². The molecule has 116 valence electrons. The summed E-state index contributed by atoms with van der Waals surface area (Å²) in [6, 6.07) is 4.25. The first-order chi connectivity index (χ1) is 9.97. The molecule has 1 rings (SSSR count). The molecule has 0 saturated carbocycles. The van der Waals surface area contributed by atoms with Crippen molar-refractivity contribution in [3.05, 3.63) is 23.8 Å². The molecule has 0 aliphatic carbocycles. The Labute approximate surface area is 124 Å². The zero-order valence-corrected chi connectivity index (χ0v) is 12.5. The van der Waals surface area contributed by atoms with Crippen LogP contribution in [-0.2, 0) is 9.53 Å². The molecular weight excluding hydrogens is 274 g/mol. The molecule has 0 heterocycles. The number of nitrogens with one attached hydrogen (secondary N) is 1. The van der Waals surface area contributed by atoms with Gasteiger partial charge in [-0.15, -0.1) is 0 Å². The van der Waals surface area contributed by atoms with Gasteiger partial charge in [-0.25, -0.2) is 4.79 Å². The van der Waals surface area contributed by atoms with Crippen LogP contribution in [0.2, 0.25) is 0 Å². The number of benzene rings is 1. The van der Waals surface area contributed by atoms with Crippen LogP contribution in [-0.4, -0.2) is 36.7 Å². The van der Waals surface area contributed by atoms with Gasteiger partial charge >= 0.3 is 5.97 Å². The summed E-state index contributed by atoms with van der Waals surface area (Å²) < 4.78 is 9.79. The molecule has 1 aromatic carbocycles. The maximum atomic E-state index is 11.8. The quantitative estimate of drug-likeness (QED) is 0.750. The number of amides is 1. The molecule has 1 atom stereocenters. The Balaban J connectivity index is 2.52. The van der Waals surface area contributed by atoms with Gasteiger partial charge in [0.1, 0.15) is 17.1 Å². The molecule has 0 spiro atoms. The Kier molecular flexibility index (Phi) is 6.52. The van der Waals surface area contributed by atoms with E-state index in [4.69, 9.17) is 9.47 Å². The van der Waals surface area contributed by atoms with Crippen LogP contribution in [0, 0.1) is 0 Å². The lowest BCUT2D eigenvalue weighted by molar-refractivity contribution is -0.124. The third kappa shape index (κ3) is 5.33. The standard InChI is InChI=1S/C15H21NO5/c1-4-5-10(2)16-14(18)9-21-15(19)12-7-6-11(20-3)8-13(12)17/h6-8,10,17H,4-5,9H2,1-3H3,(H,16,18). The average molecular weight is 295 g/mol. The predicted octanol–water partition coefficient (Wildman–Crippen LogP) is 1.86. The molecule has 0 aromatic heterocycles. The fourth-order valence-corrected chi connectivity index (χ4v) is 1.84. The number of esters is 1. The smallest absolute Gasteiger partial charge is 0.342 e. The van der Waals surface area contributed by atoms with E-state index in [1.165, 1.54) is 25.3 Å². The Morgan fingerprint density at radius 2 is 2.10 bits per heavy atom. The van der Waals surface area contributed by atoms with Crippen LogP contribution in [0.25, 0.3) is 0 Å². The van der Waals surface area contributed by atoms with Gasteiger partial charge in [-0.05, 0) is 25.5 Å². The van der Waals surface area contributed by atoms with Crippen molar-refractivity contribution in [1.82, 2.24) is 5.32 Å². The maximum absolute atomic E-state index is 11.8. The van der Waals surface area contributed by atoms with Gasteiger partial charge in [-0.1, -0.05) is 13.3 Å². The first-order valence-corrected chi connectivity index (χ1v) is 6.81. The molecule has 21 heavy (non-hydrogen) atoms. The fraction of sp³-hybridized carbons (Fsp3) is 0.467. The van der Waals surface area contributed by atoms with Crippen LogP contribution in [0.15, 0.2) is 18.2 Å². The Hall–Kier alpha value is -2.24. The molecule has 0 bridgehead atoms. The second-order valence-corrected chi connectivity index (χ2v) is 4.72. The summed E-state index contributed by atoms with van der Waals surface area (Å²) in [5.41, 5.74) is -0.00907. The van der Waals surface area contributed by atoms with Gasteiger partial charge < -0.3 is 19.9 Å². The number of phenolic OH excluding ortho intramolecular Hbond substituents is 1. The minimum Gasteiger partial charge on any atom is -0.507 e. The van der Waals surface area contributed by atoms with Gasteiger partial charge in [0.2, 0.25) is 0 Å². The van der Waals surface area contributed by atoms with E-state index in [0.717, 1.165) is 12.8 Å². The molecule has 0 radical (unpaired) electrons. The van der Waals surface area contributed by atoms with Crippen molar-refractivity contribution in [3.8, 4) is 11.5 Å². The van der Waals surface area contributed by atoms with Crippen molar-refractivity contribution < 1.29 is 24.2 Å². The number of ether oxygens (including phenoxy) is 2. The van der Waals surface area contributed by atoms with Crippen molar-refractivity contribution in [2.45, 2.75) is 32.7 Å². The topological polar surface area (TPSA) is 84.9 Å². The number of carbonyl (C=O) groups excluding carboxylic acids is 2. The zero-order valence-electron chi connectivity index (χ0n) is 12.5. The number of aromatic hydroxyl groups is 1. The molecule has 0 aliphatic rings. The van der Waals surface area contributed by atoms with Gasteiger partial charge in [0.05, 0.1) is 7.11 Å². The lowest BCUT2D eigenvalue weighted by atomic mass is 10.2. The molecule has 1 amide bonds. The SMILES string of the molecule is CCCC(C)NC(=O)COC(=O)c1ccc(OC)cc1O. The summed E-state index contributed by atoms with van der Waals surface area (Å²) in [5, 5.41) is 12.4. The average Bonchev–Trinajstić information content (AvgIpc) is 2.44. The molecular formula is C15H21NO5. The first-order valence-electron chi connectivity index (χ1n) is 6.81. The van der Waals surface area contributed by atoms with E-state index >= 15 is 0 Å². The van der Waals surface area contributed by atoms with Crippen LogP contribution in [0.4, 0.5) is 0 Å². The second-order valence-electron chi connectivity index (χ2n) is 4.72. The first kappa shape index (κ1) is 16.8. The molecule has 0 fully saturated rings. The minimum atomic E-state index is -0.756. The highest BCUT2D eigenvalue weighted by Crippen LogP contribution is 2.23. The van der Waals surface area contributed by atoms with Crippen molar-refractivity contribution in [2.75, 3.05) is 13.7 Å². The number of hydrogen-bond donors (Lipinski definition) is 2. The molecule has 0 saturated heterocycles. The van der Waals surface area contributed by atoms with Gasteiger partial charge in [0.25, 0.3) is 5.91 Å². The number of carbonyl (C=O) groups is 2. The van der Waals surface area contributed by atoms with E-state index in [9.17, 15) is 14.7 Å². The van der Waals surface area contributed by atoms with Gasteiger partial charge in [0.15, 0.2) is 6.61 Å². The summed E-state index contributed by atoms with van der Waals surface area (Å²) in [5.74, 6) is -0.944. The van der Waals surface area contributed by atoms with Crippen LogP contribution in [0.3, 0.4) is 0 Å². The van der Waals surface area contributed by atoms with Crippen LogP contribution < -0.4 is 10.1 Å². The number of hydrogen-bond acceptors (Lipinski definition) is 5. The predicted molar refractivity (Wildman–Crippen MR) is 77.5 cm³/mol. The van der Waals surface area contributed by atoms with E-state index in [2.05, 4.69) is 5.32 Å². The Bertz CT molecular complexity index is 501. The van der Waals surface area contributed by atoms with E-state index in [0.29, 0.717) is 5.75 Å². The third-order valence-corrected chi connectivity index (χ3v) is 2.89. The van der Waals surface area contributed by atoms with Crippen molar-refractivity contribution in [3.63, 3.8) is 0 Å². The van der Waals surface area contributed by atoms with Crippen LogP contribution in [0.1, 0.15) is 37.0 Å². The Morgan fingerprint density at radius 1 is 1.38 bits per heavy atom. The highest BCUT2D eigenvalue weighted by atomic mass is 16.5. The molecule has 0 aliphatic heterocycles. The summed E-state index contributed by atoms with van der Waals surface area (Å²) in [6.45, 7) is 3.53. The normalized spacial score (nSPS) is 11.6. The second kappa shape index (κ2) is 8.14. The van der Waals surface area contributed by atoms with Crippen LogP contribution in [0.5, 0.6) is 11.5 Å². The van der Waals surface area contributed by atoms with Gasteiger partial charge in [-0.2, -0.15) is 0 Å². The largest absolute Gasteiger partial charge is 0.507 e. The van der Waals surface area contributed by atoms with Gasteiger partial charge in [-0.3, -0.25) is 4.79 Å². The minimum absolute atomic E-state index is 0.00907. The molecule has 1 aromatic rings. The Morgan fingerprint density at radius 3 is 2.67 bits per heavy atom. The van der Waals surface area contributed by atoms with Crippen molar-refractivity contribution in [2.24, 2.45) is 0 Å². The summed E-state index contributed by atoms with van der Waals surface area (Å²) in [6.07, 6.45) is 1.82. The number of phenols is 1. The molecule has 2 N–H and O–H groups in total. The highest BCUT2D eigenvalue weighted by molar-refractivity contribution is 5.94. The highest BCUT2D eigenvalue weighted by Gasteiger charge is 2.15. The molecule has 1 unspecified atom stereocenters. The van der Waals surface area contributed by atoms with E-state index in [1.807, 2.05) is 13.8 Å².